The molecule has 1 aromatic rings. The first kappa shape index (κ1) is 14.6. The number of carbonyl (C=O) groups is 1. The van der Waals surface area contributed by atoms with E-state index in [0.717, 1.165) is 31.7 Å². The van der Waals surface area contributed by atoms with Gasteiger partial charge in [-0.05, 0) is 30.9 Å². The molecule has 3 fully saturated rings. The Bertz CT molecular complexity index is 801. The molecule has 2 aliphatic heterocycles. The third-order valence-electron chi connectivity index (χ3n) is 8.15. The summed E-state index contributed by atoms with van der Waals surface area (Å²) in [4.78, 5) is 12.8. The number of quaternary nitrogens is 1. The SMILES string of the molecule is C[N@+]1(CC2CC2)CC[C@]23c4c5ccc(O)c4OC2C(=O)CC[C@@H]3[C@H]1C5. The normalized spacial score (nSPS) is 43.6. The zero-order valence-electron chi connectivity index (χ0n) is 14.8. The van der Waals surface area contributed by atoms with Gasteiger partial charge in [0.05, 0.1) is 31.6 Å². The summed E-state index contributed by atoms with van der Waals surface area (Å²) in [5.74, 6) is 2.52. The van der Waals surface area contributed by atoms with E-state index in [1.54, 1.807) is 6.07 Å². The molecule has 6 rings (SSSR count). The first-order chi connectivity index (χ1) is 12.0. The second-order valence-corrected chi connectivity index (χ2v) is 9.45. The molecule has 1 unspecified atom stereocenters. The van der Waals surface area contributed by atoms with Crippen LogP contribution in [0.5, 0.6) is 11.5 Å². The van der Waals surface area contributed by atoms with E-state index in [1.165, 1.54) is 35.0 Å². The summed E-state index contributed by atoms with van der Waals surface area (Å²) in [5.41, 5.74) is 2.36. The fourth-order valence-electron chi connectivity index (χ4n) is 6.91. The minimum absolute atomic E-state index is 0.164. The summed E-state index contributed by atoms with van der Waals surface area (Å²) in [6.07, 6.45) is 6.17. The molecule has 0 aromatic heterocycles. The summed E-state index contributed by atoms with van der Waals surface area (Å²) < 4.78 is 7.35. The van der Waals surface area contributed by atoms with Crippen molar-refractivity contribution in [1.82, 2.24) is 0 Å². The summed E-state index contributed by atoms with van der Waals surface area (Å²) in [5, 5.41) is 10.4. The fraction of sp³-hybridized carbons (Fsp3) is 0.667. The highest BCUT2D eigenvalue weighted by atomic mass is 16.5. The molecular weight excluding hydrogens is 314 g/mol. The molecule has 2 bridgehead atoms. The van der Waals surface area contributed by atoms with Gasteiger partial charge in [-0.2, -0.15) is 0 Å². The van der Waals surface area contributed by atoms with Crippen molar-refractivity contribution in [3.63, 3.8) is 0 Å². The zero-order valence-corrected chi connectivity index (χ0v) is 14.8. The predicted octanol–water partition coefficient (Wildman–Crippen LogP) is 2.56. The van der Waals surface area contributed by atoms with Crippen molar-refractivity contribution < 1.29 is 19.1 Å². The lowest BCUT2D eigenvalue weighted by molar-refractivity contribution is -0.946. The molecule has 1 N–H and O–H groups in total. The number of piperidine rings is 1. The Morgan fingerprint density at radius 2 is 2.16 bits per heavy atom. The third kappa shape index (κ3) is 1.65. The number of rotatable bonds is 2. The van der Waals surface area contributed by atoms with E-state index in [2.05, 4.69) is 13.1 Å². The second-order valence-electron chi connectivity index (χ2n) is 9.45. The number of aromatic hydroxyl groups is 1. The van der Waals surface area contributed by atoms with E-state index < -0.39 is 0 Å². The number of nitrogens with zero attached hydrogens (tertiary/aromatic N) is 1. The lowest BCUT2D eigenvalue weighted by Crippen LogP contribution is -2.72. The molecule has 4 heteroatoms. The molecule has 1 spiro atoms. The Hall–Kier alpha value is -1.55. The maximum absolute atomic E-state index is 12.8. The predicted molar refractivity (Wildman–Crippen MR) is 92.7 cm³/mol. The van der Waals surface area contributed by atoms with Gasteiger partial charge in [0.2, 0.25) is 0 Å². The molecule has 3 aliphatic carbocycles. The van der Waals surface area contributed by atoms with Crippen molar-refractivity contribution in [2.24, 2.45) is 11.8 Å². The van der Waals surface area contributed by atoms with Crippen molar-refractivity contribution in [1.29, 1.82) is 0 Å². The highest BCUT2D eigenvalue weighted by molar-refractivity contribution is 5.89. The Labute approximate surface area is 148 Å². The van der Waals surface area contributed by atoms with Crippen LogP contribution in [0, 0.1) is 11.8 Å². The third-order valence-corrected chi connectivity index (χ3v) is 8.15. The van der Waals surface area contributed by atoms with Crippen molar-refractivity contribution in [2.45, 2.75) is 56.1 Å². The van der Waals surface area contributed by atoms with E-state index in [9.17, 15) is 9.90 Å². The smallest absolute Gasteiger partial charge is 0.174 e. The molecule has 1 saturated heterocycles. The zero-order chi connectivity index (χ0) is 17.0. The van der Waals surface area contributed by atoms with Gasteiger partial charge in [0.15, 0.2) is 23.4 Å². The van der Waals surface area contributed by atoms with Gasteiger partial charge in [-0.25, -0.2) is 0 Å². The van der Waals surface area contributed by atoms with E-state index in [0.29, 0.717) is 24.1 Å². The largest absolute Gasteiger partial charge is 0.504 e. The first-order valence-corrected chi connectivity index (χ1v) is 9.92. The minimum atomic E-state index is -0.356. The average Bonchev–Trinajstić information content (AvgIpc) is 3.32. The molecule has 0 radical (unpaired) electrons. The van der Waals surface area contributed by atoms with Gasteiger partial charge in [-0.15, -0.1) is 0 Å². The van der Waals surface area contributed by atoms with E-state index in [-0.39, 0.29) is 23.1 Å². The molecule has 2 saturated carbocycles. The van der Waals surface area contributed by atoms with Crippen LogP contribution < -0.4 is 4.74 Å². The molecule has 4 nitrogen and oxygen atoms in total. The number of likely N-dealkylation sites (tertiary alicyclic amines) is 1. The number of benzene rings is 1. The summed E-state index contributed by atoms with van der Waals surface area (Å²) in [7, 11) is 2.46. The molecule has 25 heavy (non-hydrogen) atoms. The topological polar surface area (TPSA) is 46.5 Å². The Balaban J connectivity index is 1.56. The Kier molecular flexibility index (Phi) is 2.57. The number of hydrogen-bond donors (Lipinski definition) is 1. The molecule has 5 aliphatic rings. The van der Waals surface area contributed by atoms with Crippen LogP contribution in [0.1, 0.15) is 43.2 Å². The van der Waals surface area contributed by atoms with E-state index >= 15 is 0 Å². The standard InChI is InChI=1S/C21H25NO3/c1-22(11-12-2-3-12)9-8-21-14-5-7-17(24)20(21)25-19-16(23)6-4-13(18(19)21)10-15(14)22/h4,6,12,14-15,20H,2-3,5,7-11H2,1H3/p+1/t14-,15-,20?,21+,22-/m1/s1. The van der Waals surface area contributed by atoms with Crippen LogP contribution in [-0.4, -0.2) is 47.7 Å². The Morgan fingerprint density at radius 3 is 2.96 bits per heavy atom. The van der Waals surface area contributed by atoms with Gasteiger partial charge in [-0.3, -0.25) is 4.79 Å². The molecule has 5 atom stereocenters. The molecule has 132 valence electrons. The van der Waals surface area contributed by atoms with Crippen molar-refractivity contribution >= 4 is 5.78 Å². The number of phenolic OH excluding ortho intramolecular Hbond substituents is 1. The average molecular weight is 340 g/mol. The van der Waals surface area contributed by atoms with Crippen molar-refractivity contribution in [3.05, 3.63) is 23.3 Å². The van der Waals surface area contributed by atoms with Crippen LogP contribution in [0.15, 0.2) is 12.1 Å². The molecule has 0 amide bonds. The number of phenols is 1. The molecular formula is C21H26NO3+. The van der Waals surface area contributed by atoms with Crippen molar-refractivity contribution in [2.75, 3.05) is 20.1 Å². The highest BCUT2D eigenvalue weighted by Crippen LogP contribution is 2.64. The highest BCUT2D eigenvalue weighted by Gasteiger charge is 2.69. The number of likely N-dealkylation sites (N-methyl/N-ethyl adjacent to an activating group) is 1. The van der Waals surface area contributed by atoms with Crippen LogP contribution in [0.3, 0.4) is 0 Å². The first-order valence-electron chi connectivity index (χ1n) is 9.92. The number of hydrogen-bond acceptors (Lipinski definition) is 3. The van der Waals surface area contributed by atoms with Gasteiger partial charge < -0.3 is 14.3 Å². The van der Waals surface area contributed by atoms with Crippen LogP contribution in [0.2, 0.25) is 0 Å². The quantitative estimate of drug-likeness (QED) is 0.842. The Morgan fingerprint density at radius 1 is 1.32 bits per heavy atom. The van der Waals surface area contributed by atoms with E-state index in [4.69, 9.17) is 4.74 Å². The maximum atomic E-state index is 12.8. The van der Waals surface area contributed by atoms with Gasteiger partial charge in [0.1, 0.15) is 0 Å². The van der Waals surface area contributed by atoms with Gasteiger partial charge >= 0.3 is 0 Å². The van der Waals surface area contributed by atoms with Crippen LogP contribution in [-0.2, 0) is 16.6 Å². The second kappa shape index (κ2) is 4.40. The number of ketones is 1. The van der Waals surface area contributed by atoms with Crippen LogP contribution in [0.4, 0.5) is 0 Å². The molecule has 1 aromatic carbocycles. The van der Waals surface area contributed by atoms with Crippen LogP contribution >= 0.6 is 0 Å². The van der Waals surface area contributed by atoms with Gasteiger partial charge in [-0.1, -0.05) is 6.07 Å². The number of carbonyl (C=O) groups excluding carboxylic acids is 1. The lowest BCUT2D eigenvalue weighted by Gasteiger charge is -2.60. The maximum Gasteiger partial charge on any atom is 0.174 e. The van der Waals surface area contributed by atoms with Crippen molar-refractivity contribution in [3.8, 4) is 11.5 Å². The van der Waals surface area contributed by atoms with Crippen LogP contribution in [0.25, 0.3) is 0 Å². The minimum Gasteiger partial charge on any atom is -0.504 e. The lowest BCUT2D eigenvalue weighted by atomic mass is 9.51. The number of Topliss-reactive ketones (excluding diaryl/α,β-unsaturated/α-hetero) is 1. The summed E-state index contributed by atoms with van der Waals surface area (Å²) in [6.45, 7) is 2.44. The molecule has 2 heterocycles. The monoisotopic (exact) mass is 340 g/mol. The summed E-state index contributed by atoms with van der Waals surface area (Å²) in [6, 6.07) is 4.46. The van der Waals surface area contributed by atoms with Gasteiger partial charge in [0, 0.05) is 36.7 Å². The van der Waals surface area contributed by atoms with Gasteiger partial charge in [0.25, 0.3) is 0 Å². The fourth-order valence-corrected chi connectivity index (χ4v) is 6.91. The number of ether oxygens (including phenoxy) is 1. The summed E-state index contributed by atoms with van der Waals surface area (Å²) >= 11 is 0. The van der Waals surface area contributed by atoms with E-state index in [1.807, 2.05) is 0 Å².